The molecule has 1 saturated heterocycles. The molecule has 0 radical (unpaired) electrons. The topological polar surface area (TPSA) is 87.2 Å². The van der Waals surface area contributed by atoms with Crippen molar-refractivity contribution in [1.29, 1.82) is 0 Å². The van der Waals surface area contributed by atoms with Crippen molar-refractivity contribution in [2.75, 3.05) is 31.5 Å². The number of anilines is 1. The molecule has 118 valence electrons. The summed E-state index contributed by atoms with van der Waals surface area (Å²) in [6, 6.07) is 0. The molecule has 0 bridgehead atoms. The van der Waals surface area contributed by atoms with Crippen molar-refractivity contribution in [2.45, 2.75) is 32.6 Å². The average molecular weight is 303 g/mol. The molecule has 1 aromatic heterocycles. The van der Waals surface area contributed by atoms with Crippen LogP contribution in [0.1, 0.15) is 41.1 Å². The quantitative estimate of drug-likeness (QED) is 0.773. The Labute approximate surface area is 129 Å². The Kier molecular flexibility index (Phi) is 4.22. The molecule has 7 heteroatoms. The molecule has 1 fully saturated rings. The van der Waals surface area contributed by atoms with Gasteiger partial charge in [-0.05, 0) is 26.2 Å². The molecular formula is C15H21N5O2. The lowest BCUT2D eigenvalue weighted by atomic mass is 10.1. The van der Waals surface area contributed by atoms with Gasteiger partial charge >= 0.3 is 0 Å². The number of carbonyl (C=O) groups excluding carboxylic acids is 2. The fourth-order valence-electron chi connectivity index (χ4n) is 2.97. The summed E-state index contributed by atoms with van der Waals surface area (Å²) < 4.78 is 0. The molecule has 2 aliphatic heterocycles. The monoisotopic (exact) mass is 303 g/mol. The van der Waals surface area contributed by atoms with Crippen LogP contribution >= 0.6 is 0 Å². The van der Waals surface area contributed by atoms with Crippen molar-refractivity contribution >= 4 is 17.6 Å². The Morgan fingerprint density at radius 1 is 1.27 bits per heavy atom. The van der Waals surface area contributed by atoms with Gasteiger partial charge in [0.2, 0.25) is 5.91 Å². The first-order chi connectivity index (χ1) is 10.6. The molecule has 3 rings (SSSR count). The maximum atomic E-state index is 11.9. The van der Waals surface area contributed by atoms with E-state index in [0.717, 1.165) is 50.3 Å². The van der Waals surface area contributed by atoms with Gasteiger partial charge in [0, 0.05) is 38.2 Å². The Morgan fingerprint density at radius 3 is 2.91 bits per heavy atom. The highest BCUT2D eigenvalue weighted by molar-refractivity contribution is 5.95. The Morgan fingerprint density at radius 2 is 2.14 bits per heavy atom. The van der Waals surface area contributed by atoms with Crippen molar-refractivity contribution in [2.24, 2.45) is 0 Å². The first kappa shape index (κ1) is 14.7. The Bertz CT molecular complexity index is 602. The van der Waals surface area contributed by atoms with E-state index in [1.807, 2.05) is 4.90 Å². The highest BCUT2D eigenvalue weighted by Crippen LogP contribution is 2.20. The van der Waals surface area contributed by atoms with Crippen LogP contribution in [0.15, 0.2) is 0 Å². The van der Waals surface area contributed by atoms with Crippen LogP contribution in [0.3, 0.4) is 0 Å². The smallest absolute Gasteiger partial charge is 0.270 e. The largest absolute Gasteiger partial charge is 0.370 e. The van der Waals surface area contributed by atoms with Crippen molar-refractivity contribution in [3.05, 3.63) is 17.1 Å². The fourth-order valence-corrected chi connectivity index (χ4v) is 2.97. The molecule has 0 saturated carbocycles. The van der Waals surface area contributed by atoms with Crippen LogP contribution in [-0.4, -0.2) is 52.9 Å². The summed E-state index contributed by atoms with van der Waals surface area (Å²) in [5.74, 6) is 1.47. The number of hydrogen-bond acceptors (Lipinski definition) is 5. The molecular weight excluding hydrogens is 282 g/mol. The molecule has 1 aromatic rings. The lowest BCUT2D eigenvalue weighted by Gasteiger charge is -2.20. The number of likely N-dealkylation sites (tertiary alicyclic amines) is 1. The molecule has 0 atom stereocenters. The number of amides is 2. The maximum absolute atomic E-state index is 11.9. The van der Waals surface area contributed by atoms with E-state index in [-0.39, 0.29) is 11.8 Å². The van der Waals surface area contributed by atoms with Gasteiger partial charge in [0.25, 0.3) is 5.91 Å². The lowest BCUT2D eigenvalue weighted by Crippen LogP contribution is -2.34. The fraction of sp³-hybridized carbons (Fsp3) is 0.600. The van der Waals surface area contributed by atoms with Gasteiger partial charge in [-0.15, -0.1) is 0 Å². The van der Waals surface area contributed by atoms with Gasteiger partial charge in [-0.3, -0.25) is 9.59 Å². The minimum atomic E-state index is -0.127. The number of aromatic nitrogens is 2. The molecule has 0 spiro atoms. The second-order valence-electron chi connectivity index (χ2n) is 5.72. The van der Waals surface area contributed by atoms with Crippen LogP contribution in [0.2, 0.25) is 0 Å². The number of nitrogens with zero attached hydrogens (tertiary/aromatic N) is 3. The summed E-state index contributed by atoms with van der Waals surface area (Å²) in [6.45, 7) is 4.79. The lowest BCUT2D eigenvalue weighted by molar-refractivity contribution is -0.127. The number of nitrogens with one attached hydrogen (secondary N) is 2. The van der Waals surface area contributed by atoms with Gasteiger partial charge in [-0.2, -0.15) is 0 Å². The number of hydrogen-bond donors (Lipinski definition) is 2. The standard InChI is InChI=1S/C15H21N5O2/c1-10-18-13-11(5-7-17-15(13)22)14(19-10)16-6-3-9-20-8-2-4-12(20)21/h2-9H2,1H3,(H,17,22)(H,16,18,19). The second-order valence-corrected chi connectivity index (χ2v) is 5.72. The molecule has 7 nitrogen and oxygen atoms in total. The average Bonchev–Trinajstić information content (AvgIpc) is 2.90. The summed E-state index contributed by atoms with van der Waals surface area (Å²) in [6.07, 6.45) is 3.27. The van der Waals surface area contributed by atoms with Gasteiger partial charge in [-0.25, -0.2) is 9.97 Å². The highest BCUT2D eigenvalue weighted by Gasteiger charge is 2.23. The second kappa shape index (κ2) is 6.29. The molecule has 22 heavy (non-hydrogen) atoms. The number of aryl methyl sites for hydroxylation is 1. The third-order valence-corrected chi connectivity index (χ3v) is 4.06. The van der Waals surface area contributed by atoms with Gasteiger partial charge in [0.1, 0.15) is 17.3 Å². The normalized spacial score (nSPS) is 17.4. The number of rotatable bonds is 5. The summed E-state index contributed by atoms with van der Waals surface area (Å²) in [5.41, 5.74) is 1.38. The molecule has 0 aromatic carbocycles. The maximum Gasteiger partial charge on any atom is 0.270 e. The van der Waals surface area contributed by atoms with Crippen molar-refractivity contribution < 1.29 is 9.59 Å². The van der Waals surface area contributed by atoms with Crippen LogP contribution in [0.4, 0.5) is 5.82 Å². The zero-order valence-electron chi connectivity index (χ0n) is 12.8. The minimum Gasteiger partial charge on any atom is -0.370 e. The SMILES string of the molecule is Cc1nc(NCCCN2CCCC2=O)c2c(n1)C(=O)NCC2. The number of fused-ring (bicyclic) bond motifs is 1. The number of carbonyl (C=O) groups is 2. The first-order valence-electron chi connectivity index (χ1n) is 7.82. The van der Waals surface area contributed by atoms with Gasteiger partial charge in [0.05, 0.1) is 0 Å². The molecule has 0 aliphatic carbocycles. The van der Waals surface area contributed by atoms with Crippen LogP contribution in [-0.2, 0) is 11.2 Å². The highest BCUT2D eigenvalue weighted by atomic mass is 16.2. The van der Waals surface area contributed by atoms with E-state index in [2.05, 4.69) is 20.6 Å². The van der Waals surface area contributed by atoms with Crippen LogP contribution < -0.4 is 10.6 Å². The Hall–Kier alpha value is -2.18. The van der Waals surface area contributed by atoms with E-state index in [1.165, 1.54) is 0 Å². The zero-order valence-corrected chi connectivity index (χ0v) is 12.8. The zero-order chi connectivity index (χ0) is 15.5. The summed E-state index contributed by atoms with van der Waals surface area (Å²) in [5, 5.41) is 6.10. The molecule has 0 unspecified atom stereocenters. The summed E-state index contributed by atoms with van der Waals surface area (Å²) in [4.78, 5) is 34.0. The van der Waals surface area contributed by atoms with Crippen LogP contribution in [0.25, 0.3) is 0 Å². The van der Waals surface area contributed by atoms with E-state index in [0.29, 0.717) is 24.5 Å². The van der Waals surface area contributed by atoms with E-state index in [1.54, 1.807) is 6.92 Å². The molecule has 3 heterocycles. The van der Waals surface area contributed by atoms with Gasteiger partial charge < -0.3 is 15.5 Å². The van der Waals surface area contributed by atoms with E-state index in [4.69, 9.17) is 0 Å². The minimum absolute atomic E-state index is 0.127. The third-order valence-electron chi connectivity index (χ3n) is 4.06. The predicted molar refractivity (Wildman–Crippen MR) is 81.7 cm³/mol. The van der Waals surface area contributed by atoms with Crippen molar-refractivity contribution in [3.63, 3.8) is 0 Å². The van der Waals surface area contributed by atoms with Gasteiger partial charge in [0.15, 0.2) is 0 Å². The van der Waals surface area contributed by atoms with Crippen LogP contribution in [0.5, 0.6) is 0 Å². The van der Waals surface area contributed by atoms with E-state index in [9.17, 15) is 9.59 Å². The summed E-state index contributed by atoms with van der Waals surface area (Å²) >= 11 is 0. The molecule has 2 N–H and O–H groups in total. The summed E-state index contributed by atoms with van der Waals surface area (Å²) in [7, 11) is 0. The van der Waals surface area contributed by atoms with E-state index >= 15 is 0 Å². The molecule has 2 aliphatic rings. The Balaban J connectivity index is 1.60. The first-order valence-corrected chi connectivity index (χ1v) is 7.82. The van der Waals surface area contributed by atoms with E-state index < -0.39 is 0 Å². The third kappa shape index (κ3) is 3.03. The van der Waals surface area contributed by atoms with Crippen molar-refractivity contribution in [1.82, 2.24) is 20.2 Å². The predicted octanol–water partition coefficient (Wildman–Crippen LogP) is 0.495. The molecule has 2 amide bonds. The van der Waals surface area contributed by atoms with Crippen LogP contribution in [0, 0.1) is 6.92 Å². The van der Waals surface area contributed by atoms with Gasteiger partial charge in [-0.1, -0.05) is 0 Å². The van der Waals surface area contributed by atoms with Crippen molar-refractivity contribution in [3.8, 4) is 0 Å².